The number of nitrogens with two attached hydrogens (primary N) is 1. The van der Waals surface area contributed by atoms with Crippen molar-refractivity contribution in [2.45, 2.75) is 13.0 Å². The molecular weight excluding hydrogens is 222 g/mol. The van der Waals surface area contributed by atoms with Crippen LogP contribution in [0.15, 0.2) is 12.1 Å². The summed E-state index contributed by atoms with van der Waals surface area (Å²) >= 11 is 0. The van der Waals surface area contributed by atoms with Crippen LogP contribution in [0.2, 0.25) is 0 Å². The number of phenols is 2. The van der Waals surface area contributed by atoms with E-state index in [9.17, 15) is 15.0 Å². The van der Waals surface area contributed by atoms with Crippen molar-refractivity contribution in [2.75, 3.05) is 0 Å². The summed E-state index contributed by atoms with van der Waals surface area (Å²) in [7, 11) is 0. The van der Waals surface area contributed by atoms with E-state index in [-0.39, 0.29) is 36.7 Å². The average molecular weight is 234 g/mol. The van der Waals surface area contributed by atoms with E-state index in [1.54, 1.807) is 0 Å². The molecule has 1 rings (SSSR count). The molecule has 15 heavy (non-hydrogen) atoms. The minimum Gasteiger partial charge on any atom is -0.504 e. The molecule has 0 saturated carbocycles. The van der Waals surface area contributed by atoms with Crippen molar-refractivity contribution >= 4 is 18.4 Å². The van der Waals surface area contributed by atoms with Crippen LogP contribution in [-0.2, 0) is 17.8 Å². The second-order valence-electron chi connectivity index (χ2n) is 2.90. The van der Waals surface area contributed by atoms with Gasteiger partial charge in [-0.1, -0.05) is 0 Å². The molecule has 84 valence electrons. The Morgan fingerprint density at radius 2 is 1.93 bits per heavy atom. The summed E-state index contributed by atoms with van der Waals surface area (Å²) in [4.78, 5) is 10.4. The van der Waals surface area contributed by atoms with Crippen LogP contribution in [-0.4, -0.2) is 21.3 Å². The standard InChI is InChI=1S/C9H11NO4.ClH/c10-4-5-1-6(3-8(12)13)9(14)7(11)2-5;/h1-2,11,14H,3-4,10H2,(H,12,13);1H. The van der Waals surface area contributed by atoms with Gasteiger partial charge in [0, 0.05) is 12.1 Å². The Hall–Kier alpha value is -1.46. The van der Waals surface area contributed by atoms with E-state index in [1.807, 2.05) is 0 Å². The van der Waals surface area contributed by atoms with Gasteiger partial charge in [0.1, 0.15) is 0 Å². The maximum Gasteiger partial charge on any atom is 0.307 e. The second kappa shape index (κ2) is 5.43. The van der Waals surface area contributed by atoms with Gasteiger partial charge < -0.3 is 21.1 Å². The van der Waals surface area contributed by atoms with Gasteiger partial charge in [0.05, 0.1) is 6.42 Å². The average Bonchev–Trinajstić information content (AvgIpc) is 2.11. The van der Waals surface area contributed by atoms with Crippen LogP contribution < -0.4 is 5.73 Å². The van der Waals surface area contributed by atoms with Gasteiger partial charge in [0.25, 0.3) is 0 Å². The van der Waals surface area contributed by atoms with Crippen LogP contribution in [0.4, 0.5) is 0 Å². The molecule has 1 aromatic carbocycles. The lowest BCUT2D eigenvalue weighted by Crippen LogP contribution is -2.03. The maximum atomic E-state index is 10.4. The lowest BCUT2D eigenvalue weighted by molar-refractivity contribution is -0.136. The molecule has 0 spiro atoms. The van der Waals surface area contributed by atoms with Gasteiger partial charge in [-0.05, 0) is 17.7 Å². The summed E-state index contributed by atoms with van der Waals surface area (Å²) in [5, 5.41) is 27.1. The molecule has 0 atom stereocenters. The molecule has 0 heterocycles. The molecule has 0 aliphatic rings. The van der Waals surface area contributed by atoms with Gasteiger partial charge in [0.15, 0.2) is 11.5 Å². The van der Waals surface area contributed by atoms with E-state index in [0.717, 1.165) is 0 Å². The van der Waals surface area contributed by atoms with E-state index >= 15 is 0 Å². The Morgan fingerprint density at radius 3 is 2.40 bits per heavy atom. The molecule has 1 aromatic rings. The lowest BCUT2D eigenvalue weighted by atomic mass is 10.1. The van der Waals surface area contributed by atoms with E-state index in [0.29, 0.717) is 5.56 Å². The highest BCUT2D eigenvalue weighted by Gasteiger charge is 2.11. The molecule has 0 bridgehead atoms. The van der Waals surface area contributed by atoms with Crippen LogP contribution in [0.5, 0.6) is 11.5 Å². The van der Waals surface area contributed by atoms with E-state index in [1.165, 1.54) is 12.1 Å². The summed E-state index contributed by atoms with van der Waals surface area (Å²) in [5.41, 5.74) is 6.07. The summed E-state index contributed by atoms with van der Waals surface area (Å²) in [6.45, 7) is 0.181. The Balaban J connectivity index is 0.00000196. The Morgan fingerprint density at radius 1 is 1.33 bits per heavy atom. The molecule has 0 unspecified atom stereocenters. The fourth-order valence-corrected chi connectivity index (χ4v) is 1.16. The van der Waals surface area contributed by atoms with Crippen LogP contribution >= 0.6 is 12.4 Å². The van der Waals surface area contributed by atoms with Crippen molar-refractivity contribution in [3.05, 3.63) is 23.3 Å². The minimum absolute atomic E-state index is 0. The topological polar surface area (TPSA) is 104 Å². The highest BCUT2D eigenvalue weighted by Crippen LogP contribution is 2.30. The number of halogens is 1. The van der Waals surface area contributed by atoms with E-state index < -0.39 is 11.7 Å². The smallest absolute Gasteiger partial charge is 0.307 e. The van der Waals surface area contributed by atoms with Crippen LogP contribution in [0.25, 0.3) is 0 Å². The predicted molar refractivity (Wildman–Crippen MR) is 56.3 cm³/mol. The number of aliphatic carboxylic acids is 1. The predicted octanol–water partition coefficient (Wildman–Crippen LogP) is 0.605. The first-order valence-corrected chi connectivity index (χ1v) is 4.00. The molecule has 5 nitrogen and oxygen atoms in total. The Kier molecular flexibility index (Phi) is 4.90. The third-order valence-electron chi connectivity index (χ3n) is 1.81. The SMILES string of the molecule is Cl.NCc1cc(O)c(O)c(CC(=O)O)c1. The van der Waals surface area contributed by atoms with Gasteiger partial charge >= 0.3 is 5.97 Å². The number of carboxylic acid groups (broad SMARTS) is 1. The van der Waals surface area contributed by atoms with Crippen molar-refractivity contribution in [3.8, 4) is 11.5 Å². The number of rotatable bonds is 3. The molecule has 0 aliphatic carbocycles. The maximum absolute atomic E-state index is 10.4. The highest BCUT2D eigenvalue weighted by atomic mass is 35.5. The van der Waals surface area contributed by atoms with Crippen molar-refractivity contribution in [1.82, 2.24) is 0 Å². The van der Waals surface area contributed by atoms with E-state index in [2.05, 4.69) is 0 Å². The lowest BCUT2D eigenvalue weighted by Gasteiger charge is -2.06. The second-order valence-corrected chi connectivity index (χ2v) is 2.90. The number of hydrogen-bond donors (Lipinski definition) is 4. The molecule has 5 N–H and O–H groups in total. The summed E-state index contributed by atoms with van der Waals surface area (Å²) in [6, 6.07) is 2.77. The first kappa shape index (κ1) is 13.5. The number of carbonyl (C=O) groups is 1. The third kappa shape index (κ3) is 3.30. The Bertz CT molecular complexity index is 367. The zero-order valence-corrected chi connectivity index (χ0v) is 8.62. The zero-order chi connectivity index (χ0) is 10.7. The number of carboxylic acids is 1. The van der Waals surface area contributed by atoms with E-state index in [4.69, 9.17) is 10.8 Å². The number of aromatic hydroxyl groups is 2. The normalized spacial score (nSPS) is 9.40. The molecule has 0 radical (unpaired) electrons. The van der Waals surface area contributed by atoms with Gasteiger partial charge in [-0.15, -0.1) is 12.4 Å². The van der Waals surface area contributed by atoms with Gasteiger partial charge in [-0.2, -0.15) is 0 Å². The van der Waals surface area contributed by atoms with Gasteiger partial charge in [0.2, 0.25) is 0 Å². The molecule has 0 amide bonds. The van der Waals surface area contributed by atoms with Crippen molar-refractivity contribution < 1.29 is 20.1 Å². The fourth-order valence-electron chi connectivity index (χ4n) is 1.16. The summed E-state index contributed by atoms with van der Waals surface area (Å²) < 4.78 is 0. The van der Waals surface area contributed by atoms with Crippen LogP contribution in [0, 0.1) is 0 Å². The van der Waals surface area contributed by atoms with Crippen LogP contribution in [0.3, 0.4) is 0 Å². The van der Waals surface area contributed by atoms with Gasteiger partial charge in [-0.3, -0.25) is 4.79 Å². The van der Waals surface area contributed by atoms with Crippen molar-refractivity contribution in [2.24, 2.45) is 5.73 Å². The quantitative estimate of drug-likeness (QED) is 0.573. The van der Waals surface area contributed by atoms with Crippen molar-refractivity contribution in [3.63, 3.8) is 0 Å². The van der Waals surface area contributed by atoms with Gasteiger partial charge in [-0.25, -0.2) is 0 Å². The van der Waals surface area contributed by atoms with Crippen molar-refractivity contribution in [1.29, 1.82) is 0 Å². The molecular formula is C9H12ClNO4. The first-order valence-electron chi connectivity index (χ1n) is 4.00. The van der Waals surface area contributed by atoms with Crippen LogP contribution in [0.1, 0.15) is 11.1 Å². The zero-order valence-electron chi connectivity index (χ0n) is 7.80. The summed E-state index contributed by atoms with van der Waals surface area (Å²) in [6.07, 6.45) is -0.340. The minimum atomic E-state index is -1.08. The number of hydrogen-bond acceptors (Lipinski definition) is 4. The number of benzene rings is 1. The largest absolute Gasteiger partial charge is 0.504 e. The first-order chi connectivity index (χ1) is 6.54. The highest BCUT2D eigenvalue weighted by molar-refractivity contribution is 5.85. The summed E-state index contributed by atoms with van der Waals surface area (Å²) in [5.74, 6) is -1.82. The molecule has 6 heteroatoms. The molecule has 0 aromatic heterocycles. The fraction of sp³-hybridized carbons (Fsp3) is 0.222. The molecule has 0 fully saturated rings. The molecule has 0 saturated heterocycles. The molecule has 0 aliphatic heterocycles. The Labute approximate surface area is 92.6 Å². The third-order valence-corrected chi connectivity index (χ3v) is 1.81. The monoisotopic (exact) mass is 233 g/mol. The number of phenolic OH excluding ortho intramolecular Hbond substituents is 2.